The molecule has 7 nitrogen and oxygen atoms in total. The largest absolute Gasteiger partial charge is 0.497 e. The first-order chi connectivity index (χ1) is 13.3. The second-order valence-electron chi connectivity index (χ2n) is 6.58. The average Bonchev–Trinajstić information content (AvgIpc) is 3.24. The molecule has 27 heavy (non-hydrogen) atoms. The predicted molar refractivity (Wildman–Crippen MR) is 102 cm³/mol. The van der Waals surface area contributed by atoms with Gasteiger partial charge in [-0.25, -0.2) is 4.98 Å². The predicted octanol–water partition coefficient (Wildman–Crippen LogP) is 3.16. The molecule has 3 heterocycles. The van der Waals surface area contributed by atoms with Crippen LogP contribution in [0.5, 0.6) is 5.75 Å². The lowest BCUT2D eigenvalue weighted by molar-refractivity contribution is 0.239. The number of aliphatic hydroxyl groups is 1. The molecule has 4 rings (SSSR count). The Bertz CT molecular complexity index is 877. The van der Waals surface area contributed by atoms with Gasteiger partial charge in [-0.3, -0.25) is 0 Å². The van der Waals surface area contributed by atoms with Gasteiger partial charge < -0.3 is 19.3 Å². The third kappa shape index (κ3) is 3.64. The molecule has 1 aromatic carbocycles. The molecule has 0 saturated carbocycles. The van der Waals surface area contributed by atoms with E-state index in [0.717, 1.165) is 48.5 Å². The van der Waals surface area contributed by atoms with Crippen molar-refractivity contribution < 1.29 is 14.4 Å². The minimum absolute atomic E-state index is 0.141. The summed E-state index contributed by atoms with van der Waals surface area (Å²) in [5, 5.41) is 13.6. The van der Waals surface area contributed by atoms with Crippen LogP contribution >= 0.6 is 0 Å². The van der Waals surface area contributed by atoms with Gasteiger partial charge in [0, 0.05) is 18.3 Å². The molecule has 0 aliphatic carbocycles. The monoisotopic (exact) mass is 366 g/mol. The van der Waals surface area contributed by atoms with Crippen LogP contribution in [0, 0.1) is 0 Å². The zero-order valence-corrected chi connectivity index (χ0v) is 15.2. The number of hydrogen-bond donors (Lipinski definition) is 1. The summed E-state index contributed by atoms with van der Waals surface area (Å²) in [6, 6.07) is 11.5. The summed E-state index contributed by atoms with van der Waals surface area (Å²) in [6.07, 6.45) is 5.00. The van der Waals surface area contributed by atoms with Crippen LogP contribution in [-0.4, -0.2) is 46.5 Å². The molecule has 3 aromatic rings. The second kappa shape index (κ2) is 7.75. The number of anilines is 1. The van der Waals surface area contributed by atoms with E-state index in [1.54, 1.807) is 13.3 Å². The first-order valence-electron chi connectivity index (χ1n) is 9.10. The molecule has 1 N–H and O–H groups in total. The molecule has 140 valence electrons. The van der Waals surface area contributed by atoms with Crippen molar-refractivity contribution in [2.75, 3.05) is 25.2 Å². The normalized spacial score (nSPS) is 17.1. The van der Waals surface area contributed by atoms with E-state index in [2.05, 4.69) is 20.0 Å². The van der Waals surface area contributed by atoms with Gasteiger partial charge in [-0.1, -0.05) is 5.16 Å². The average molecular weight is 366 g/mol. The van der Waals surface area contributed by atoms with E-state index in [4.69, 9.17) is 9.26 Å². The van der Waals surface area contributed by atoms with E-state index < -0.39 is 0 Å². The molecule has 1 aliphatic rings. The summed E-state index contributed by atoms with van der Waals surface area (Å²) in [5.41, 5.74) is 1.62. The van der Waals surface area contributed by atoms with Crippen molar-refractivity contribution in [3.63, 3.8) is 0 Å². The lowest BCUT2D eigenvalue weighted by Gasteiger charge is -2.35. The van der Waals surface area contributed by atoms with Crippen LogP contribution in [-0.2, 0) is 0 Å². The van der Waals surface area contributed by atoms with Gasteiger partial charge in [-0.15, -0.1) is 0 Å². The van der Waals surface area contributed by atoms with Gasteiger partial charge >= 0.3 is 0 Å². The maximum atomic E-state index is 9.59. The molecule has 0 bridgehead atoms. The summed E-state index contributed by atoms with van der Waals surface area (Å²) in [5.74, 6) is 2.60. The zero-order valence-electron chi connectivity index (χ0n) is 15.2. The summed E-state index contributed by atoms with van der Waals surface area (Å²) in [7, 11) is 1.63. The maximum absolute atomic E-state index is 9.59. The number of nitrogens with zero attached hydrogens (tertiary/aromatic N) is 4. The van der Waals surface area contributed by atoms with E-state index in [1.807, 2.05) is 36.4 Å². The summed E-state index contributed by atoms with van der Waals surface area (Å²) in [4.78, 5) is 11.2. The number of ether oxygens (including phenoxy) is 1. The van der Waals surface area contributed by atoms with Crippen LogP contribution in [0.15, 0.2) is 47.1 Å². The van der Waals surface area contributed by atoms with Gasteiger partial charge in [0.1, 0.15) is 11.6 Å². The Morgan fingerprint density at radius 3 is 2.67 bits per heavy atom. The van der Waals surface area contributed by atoms with Crippen LogP contribution < -0.4 is 9.64 Å². The highest BCUT2D eigenvalue weighted by Crippen LogP contribution is 2.27. The van der Waals surface area contributed by atoms with Gasteiger partial charge in [0.15, 0.2) is 0 Å². The third-order valence-electron chi connectivity index (χ3n) is 4.90. The Labute approximate surface area is 157 Å². The molecule has 1 unspecified atom stereocenters. The number of aliphatic hydroxyl groups excluding tert-OH is 1. The van der Waals surface area contributed by atoms with Crippen LogP contribution in [0.2, 0.25) is 0 Å². The molecule has 1 atom stereocenters. The van der Waals surface area contributed by atoms with Gasteiger partial charge in [-0.05, 0) is 55.7 Å². The van der Waals surface area contributed by atoms with Crippen molar-refractivity contribution >= 4 is 5.82 Å². The van der Waals surface area contributed by atoms with E-state index in [-0.39, 0.29) is 12.6 Å². The fraction of sp³-hybridized carbons (Fsp3) is 0.350. The van der Waals surface area contributed by atoms with E-state index in [0.29, 0.717) is 11.7 Å². The number of hydrogen-bond acceptors (Lipinski definition) is 7. The minimum Gasteiger partial charge on any atom is -0.497 e. The number of methoxy groups -OCH3 is 1. The number of benzene rings is 1. The Balaban J connectivity index is 1.53. The van der Waals surface area contributed by atoms with Crippen LogP contribution in [0.25, 0.3) is 22.8 Å². The molecule has 0 radical (unpaired) electrons. The van der Waals surface area contributed by atoms with Gasteiger partial charge in [0.25, 0.3) is 5.89 Å². The third-order valence-corrected chi connectivity index (χ3v) is 4.90. The summed E-state index contributed by atoms with van der Waals surface area (Å²) in [6.45, 7) is 1.07. The van der Waals surface area contributed by atoms with Gasteiger partial charge in [-0.2, -0.15) is 4.98 Å². The molecular weight excluding hydrogens is 344 g/mol. The lowest BCUT2D eigenvalue weighted by Crippen LogP contribution is -2.42. The highest BCUT2D eigenvalue weighted by Gasteiger charge is 2.23. The fourth-order valence-electron chi connectivity index (χ4n) is 3.37. The Morgan fingerprint density at radius 2 is 1.96 bits per heavy atom. The van der Waals surface area contributed by atoms with E-state index in [1.165, 1.54) is 0 Å². The maximum Gasteiger partial charge on any atom is 0.259 e. The Hall–Kier alpha value is -2.93. The van der Waals surface area contributed by atoms with E-state index in [9.17, 15) is 5.11 Å². The van der Waals surface area contributed by atoms with Crippen molar-refractivity contribution in [1.82, 2.24) is 15.1 Å². The van der Waals surface area contributed by atoms with Crippen molar-refractivity contribution in [3.05, 3.63) is 42.6 Å². The van der Waals surface area contributed by atoms with Crippen LogP contribution in [0.4, 0.5) is 5.82 Å². The second-order valence-corrected chi connectivity index (χ2v) is 6.58. The minimum atomic E-state index is 0.141. The lowest BCUT2D eigenvalue weighted by atomic mass is 10.0. The molecule has 2 aromatic heterocycles. The van der Waals surface area contributed by atoms with Crippen LogP contribution in [0.1, 0.15) is 19.3 Å². The molecule has 0 spiro atoms. The number of pyridine rings is 1. The van der Waals surface area contributed by atoms with Crippen LogP contribution in [0.3, 0.4) is 0 Å². The first-order valence-corrected chi connectivity index (χ1v) is 9.10. The fourth-order valence-corrected chi connectivity index (χ4v) is 3.37. The summed E-state index contributed by atoms with van der Waals surface area (Å²) < 4.78 is 10.6. The number of rotatable bonds is 5. The SMILES string of the molecule is COc1ccc(-c2noc(-c3ccc(N4CCCCC4CO)nc3)n2)cc1. The Morgan fingerprint density at radius 1 is 1.15 bits per heavy atom. The quantitative estimate of drug-likeness (QED) is 0.742. The van der Waals surface area contributed by atoms with Crippen molar-refractivity contribution in [3.8, 4) is 28.6 Å². The molecule has 1 aliphatic heterocycles. The molecular formula is C20H22N4O3. The van der Waals surface area contributed by atoms with Crippen molar-refractivity contribution in [2.45, 2.75) is 25.3 Å². The van der Waals surface area contributed by atoms with Crippen molar-refractivity contribution in [2.24, 2.45) is 0 Å². The number of aromatic nitrogens is 3. The topological polar surface area (TPSA) is 84.5 Å². The first kappa shape index (κ1) is 17.5. The zero-order chi connectivity index (χ0) is 18.6. The highest BCUT2D eigenvalue weighted by atomic mass is 16.5. The van der Waals surface area contributed by atoms with Gasteiger partial charge in [0.05, 0.1) is 25.3 Å². The molecule has 1 saturated heterocycles. The van der Waals surface area contributed by atoms with Crippen molar-refractivity contribution in [1.29, 1.82) is 0 Å². The van der Waals surface area contributed by atoms with Gasteiger partial charge in [0.2, 0.25) is 5.82 Å². The summed E-state index contributed by atoms with van der Waals surface area (Å²) >= 11 is 0. The van der Waals surface area contributed by atoms with E-state index >= 15 is 0 Å². The molecule has 7 heteroatoms. The molecule has 1 fully saturated rings. The standard InChI is InChI=1S/C20H22N4O3/c1-26-17-8-5-14(6-9-17)19-22-20(27-23-19)15-7-10-18(21-12-15)24-11-3-2-4-16(24)13-25/h5-10,12,16,25H,2-4,11,13H2,1H3. The number of piperidine rings is 1. The smallest absolute Gasteiger partial charge is 0.259 e. The Kier molecular flexibility index (Phi) is 5.02. The molecule has 0 amide bonds. The highest BCUT2D eigenvalue weighted by molar-refractivity contribution is 5.61.